The van der Waals surface area contributed by atoms with E-state index in [0.29, 0.717) is 29.6 Å². The van der Waals surface area contributed by atoms with Crippen LogP contribution in [0.3, 0.4) is 0 Å². The Bertz CT molecular complexity index is 1090. The van der Waals surface area contributed by atoms with Gasteiger partial charge in [0.25, 0.3) is 5.91 Å². The van der Waals surface area contributed by atoms with Crippen LogP contribution in [0.4, 0.5) is 11.4 Å². The summed E-state index contributed by atoms with van der Waals surface area (Å²) in [5, 5.41) is 3.00. The quantitative estimate of drug-likeness (QED) is 0.704. The number of carbonyl (C=O) groups is 3. The highest BCUT2D eigenvalue weighted by molar-refractivity contribution is 6.04. The van der Waals surface area contributed by atoms with Crippen molar-refractivity contribution in [3.05, 3.63) is 59.2 Å². The second kappa shape index (κ2) is 10.00. The van der Waals surface area contributed by atoms with Gasteiger partial charge in [0.05, 0.1) is 5.92 Å². The predicted molar refractivity (Wildman–Crippen MR) is 135 cm³/mol. The van der Waals surface area contributed by atoms with Crippen molar-refractivity contribution in [3.8, 4) is 0 Å². The van der Waals surface area contributed by atoms with Gasteiger partial charge < -0.3 is 15.1 Å². The first-order valence-electron chi connectivity index (χ1n) is 12.4. The Kier molecular flexibility index (Phi) is 7.05. The summed E-state index contributed by atoms with van der Waals surface area (Å²) in [6.07, 6.45) is 2.15. The van der Waals surface area contributed by atoms with Crippen LogP contribution in [0.2, 0.25) is 0 Å². The highest BCUT2D eigenvalue weighted by atomic mass is 16.2. The van der Waals surface area contributed by atoms with Gasteiger partial charge in [0.15, 0.2) is 0 Å². The Hall–Kier alpha value is -3.15. The van der Waals surface area contributed by atoms with Crippen LogP contribution in [0.15, 0.2) is 42.5 Å². The lowest BCUT2D eigenvalue weighted by Gasteiger charge is -2.35. The standard InChI is InChI=1S/C28H35N3O3/c1-5-21-8-6-7-9-25(21)31-17-23(14-26(31)32)27(33)29-24-13-22(11-10-20(24)4)28(34)30-15-18(2)12-19(3)16-30/h6-11,13,18-19,23H,5,12,14-17H2,1-4H3,(H,29,33). The number of piperidine rings is 1. The minimum Gasteiger partial charge on any atom is -0.338 e. The molecule has 0 radical (unpaired) electrons. The second-order valence-electron chi connectivity index (χ2n) is 10.1. The van der Waals surface area contributed by atoms with E-state index in [1.54, 1.807) is 11.0 Å². The molecule has 0 aliphatic carbocycles. The van der Waals surface area contributed by atoms with E-state index in [0.717, 1.165) is 42.7 Å². The lowest BCUT2D eigenvalue weighted by molar-refractivity contribution is -0.122. The van der Waals surface area contributed by atoms with Crippen LogP contribution in [-0.2, 0) is 16.0 Å². The molecule has 0 saturated carbocycles. The van der Waals surface area contributed by atoms with Gasteiger partial charge in [-0.25, -0.2) is 0 Å². The zero-order valence-corrected chi connectivity index (χ0v) is 20.6. The first-order chi connectivity index (χ1) is 16.3. The van der Waals surface area contributed by atoms with Crippen molar-refractivity contribution in [1.29, 1.82) is 0 Å². The molecule has 2 aliphatic rings. The molecule has 2 aromatic carbocycles. The summed E-state index contributed by atoms with van der Waals surface area (Å²) in [6.45, 7) is 10.2. The predicted octanol–water partition coefficient (Wildman–Crippen LogP) is 4.67. The summed E-state index contributed by atoms with van der Waals surface area (Å²) in [5.41, 5.74) is 4.10. The van der Waals surface area contributed by atoms with E-state index >= 15 is 0 Å². The van der Waals surface area contributed by atoms with Gasteiger partial charge in [0, 0.05) is 43.0 Å². The molecular formula is C28H35N3O3. The number of aryl methyl sites for hydroxylation is 2. The number of anilines is 2. The van der Waals surface area contributed by atoms with E-state index in [9.17, 15) is 14.4 Å². The maximum Gasteiger partial charge on any atom is 0.253 e. The third-order valence-corrected chi connectivity index (χ3v) is 7.06. The lowest BCUT2D eigenvalue weighted by Crippen LogP contribution is -2.42. The summed E-state index contributed by atoms with van der Waals surface area (Å²) in [4.78, 5) is 42.7. The smallest absolute Gasteiger partial charge is 0.253 e. The van der Waals surface area contributed by atoms with Crippen LogP contribution in [0.5, 0.6) is 0 Å². The van der Waals surface area contributed by atoms with Gasteiger partial charge in [-0.3, -0.25) is 14.4 Å². The van der Waals surface area contributed by atoms with Crippen molar-refractivity contribution in [3.63, 3.8) is 0 Å². The SMILES string of the molecule is CCc1ccccc1N1CC(C(=O)Nc2cc(C(=O)N3CC(C)CC(C)C3)ccc2C)CC1=O. The van der Waals surface area contributed by atoms with E-state index in [1.807, 2.05) is 48.2 Å². The zero-order valence-electron chi connectivity index (χ0n) is 20.6. The normalized spacial score (nSPS) is 22.7. The molecule has 2 aromatic rings. The molecule has 2 heterocycles. The number of nitrogens with one attached hydrogen (secondary N) is 1. The molecule has 3 unspecified atom stereocenters. The number of hydrogen-bond acceptors (Lipinski definition) is 3. The van der Waals surface area contributed by atoms with Crippen LogP contribution in [0.1, 0.15) is 55.1 Å². The van der Waals surface area contributed by atoms with E-state index < -0.39 is 5.92 Å². The number of para-hydroxylation sites is 1. The first-order valence-corrected chi connectivity index (χ1v) is 12.4. The molecule has 180 valence electrons. The monoisotopic (exact) mass is 461 g/mol. The number of amides is 3. The second-order valence-corrected chi connectivity index (χ2v) is 10.1. The van der Waals surface area contributed by atoms with Crippen molar-refractivity contribution in [2.45, 2.75) is 47.0 Å². The molecule has 2 fully saturated rings. The molecule has 0 spiro atoms. The fourth-order valence-electron chi connectivity index (χ4n) is 5.32. The molecule has 3 atom stereocenters. The minimum absolute atomic E-state index is 0.00675. The summed E-state index contributed by atoms with van der Waals surface area (Å²) in [5.74, 6) is 0.330. The summed E-state index contributed by atoms with van der Waals surface area (Å²) < 4.78 is 0. The summed E-state index contributed by atoms with van der Waals surface area (Å²) in [7, 11) is 0. The Labute approximate surface area is 202 Å². The molecule has 34 heavy (non-hydrogen) atoms. The van der Waals surface area contributed by atoms with Gasteiger partial charge in [-0.15, -0.1) is 0 Å². The average molecular weight is 462 g/mol. The van der Waals surface area contributed by atoms with Crippen LogP contribution < -0.4 is 10.2 Å². The molecule has 0 aromatic heterocycles. The molecule has 6 heteroatoms. The van der Waals surface area contributed by atoms with Gasteiger partial charge in [-0.05, 0) is 60.9 Å². The topological polar surface area (TPSA) is 69.7 Å². The van der Waals surface area contributed by atoms with Crippen LogP contribution in [-0.4, -0.2) is 42.3 Å². The number of hydrogen-bond donors (Lipinski definition) is 1. The molecule has 2 aliphatic heterocycles. The third kappa shape index (κ3) is 5.01. The van der Waals surface area contributed by atoms with Gasteiger partial charge in [-0.2, -0.15) is 0 Å². The van der Waals surface area contributed by atoms with Gasteiger partial charge in [0.2, 0.25) is 11.8 Å². The maximum absolute atomic E-state index is 13.2. The fraction of sp³-hybridized carbons (Fsp3) is 0.464. The van der Waals surface area contributed by atoms with E-state index in [4.69, 9.17) is 0 Å². The number of nitrogens with zero attached hydrogens (tertiary/aromatic N) is 2. The van der Waals surface area contributed by atoms with Gasteiger partial charge in [-0.1, -0.05) is 45.0 Å². The van der Waals surface area contributed by atoms with Crippen LogP contribution in [0, 0.1) is 24.7 Å². The Morgan fingerprint density at radius 1 is 1.03 bits per heavy atom. The van der Waals surface area contributed by atoms with Crippen molar-refractivity contribution in [2.24, 2.45) is 17.8 Å². The Morgan fingerprint density at radius 2 is 1.74 bits per heavy atom. The van der Waals surface area contributed by atoms with Crippen molar-refractivity contribution < 1.29 is 14.4 Å². The minimum atomic E-state index is -0.431. The lowest BCUT2D eigenvalue weighted by atomic mass is 9.91. The molecule has 6 nitrogen and oxygen atoms in total. The molecule has 2 saturated heterocycles. The molecule has 4 rings (SSSR count). The van der Waals surface area contributed by atoms with E-state index in [-0.39, 0.29) is 24.1 Å². The molecule has 1 N–H and O–H groups in total. The molecular weight excluding hydrogens is 426 g/mol. The average Bonchev–Trinajstić information content (AvgIpc) is 3.20. The number of carbonyl (C=O) groups excluding carboxylic acids is 3. The largest absolute Gasteiger partial charge is 0.338 e. The molecule has 0 bridgehead atoms. The van der Waals surface area contributed by atoms with E-state index in [1.165, 1.54) is 0 Å². The van der Waals surface area contributed by atoms with Gasteiger partial charge in [0.1, 0.15) is 0 Å². The van der Waals surface area contributed by atoms with Crippen LogP contribution in [0.25, 0.3) is 0 Å². The highest BCUT2D eigenvalue weighted by Gasteiger charge is 2.36. The fourth-order valence-corrected chi connectivity index (χ4v) is 5.32. The van der Waals surface area contributed by atoms with Crippen molar-refractivity contribution in [1.82, 2.24) is 4.90 Å². The molecule has 3 amide bonds. The number of benzene rings is 2. The number of rotatable bonds is 5. The Balaban J connectivity index is 1.47. The first kappa shape index (κ1) is 24.0. The Morgan fingerprint density at radius 3 is 2.44 bits per heavy atom. The van der Waals surface area contributed by atoms with Gasteiger partial charge >= 0.3 is 0 Å². The zero-order chi connectivity index (χ0) is 24.4. The van der Waals surface area contributed by atoms with Crippen LogP contribution >= 0.6 is 0 Å². The maximum atomic E-state index is 13.2. The van der Waals surface area contributed by atoms with E-state index in [2.05, 4.69) is 26.1 Å². The van der Waals surface area contributed by atoms with Crippen molar-refractivity contribution in [2.75, 3.05) is 29.9 Å². The third-order valence-electron chi connectivity index (χ3n) is 7.06. The summed E-state index contributed by atoms with van der Waals surface area (Å²) in [6, 6.07) is 13.3. The highest BCUT2D eigenvalue weighted by Crippen LogP contribution is 2.30. The summed E-state index contributed by atoms with van der Waals surface area (Å²) >= 11 is 0. The van der Waals surface area contributed by atoms with Crippen molar-refractivity contribution >= 4 is 29.1 Å². The number of likely N-dealkylation sites (tertiary alicyclic amines) is 1.